The maximum absolute atomic E-state index is 13.7. The predicted molar refractivity (Wildman–Crippen MR) is 84.0 cm³/mol. The number of halogens is 1. The first kappa shape index (κ1) is 14.7. The van der Waals surface area contributed by atoms with Gasteiger partial charge < -0.3 is 14.4 Å². The van der Waals surface area contributed by atoms with Gasteiger partial charge in [0.25, 0.3) is 5.56 Å². The zero-order valence-electron chi connectivity index (χ0n) is 11.8. The summed E-state index contributed by atoms with van der Waals surface area (Å²) in [7, 11) is 1.38. The molecule has 0 aliphatic heterocycles. The fourth-order valence-corrected chi connectivity index (χ4v) is 3.10. The fourth-order valence-electron chi connectivity index (χ4n) is 2.33. The highest BCUT2D eigenvalue weighted by atomic mass is 32.1. The van der Waals surface area contributed by atoms with Crippen LogP contribution in [-0.4, -0.2) is 16.8 Å². The van der Waals surface area contributed by atoms with Crippen LogP contribution in [0.3, 0.4) is 0 Å². The van der Waals surface area contributed by atoms with Crippen LogP contribution in [0.15, 0.2) is 46.7 Å². The third kappa shape index (κ3) is 2.63. The molecule has 0 saturated heterocycles. The molecule has 2 aromatic heterocycles. The second kappa shape index (κ2) is 5.90. The van der Waals surface area contributed by atoms with E-state index < -0.39 is 11.9 Å². The van der Waals surface area contributed by atoms with Crippen LogP contribution in [0.25, 0.3) is 10.1 Å². The van der Waals surface area contributed by atoms with E-state index in [9.17, 15) is 14.3 Å². The summed E-state index contributed by atoms with van der Waals surface area (Å²) in [5, 5.41) is 12.7. The van der Waals surface area contributed by atoms with Crippen molar-refractivity contribution in [1.82, 2.24) is 4.57 Å². The number of methoxy groups -OCH3 is 1. The molecule has 22 heavy (non-hydrogen) atoms. The van der Waals surface area contributed by atoms with Gasteiger partial charge in [0.2, 0.25) is 0 Å². The Morgan fingerprint density at radius 1 is 1.36 bits per heavy atom. The van der Waals surface area contributed by atoms with E-state index in [1.54, 1.807) is 18.3 Å². The molecule has 3 aromatic rings. The van der Waals surface area contributed by atoms with E-state index in [1.165, 1.54) is 35.1 Å². The number of rotatable bonds is 4. The van der Waals surface area contributed by atoms with Crippen molar-refractivity contribution in [3.05, 3.63) is 63.6 Å². The Hall–Kier alpha value is -2.18. The Bertz CT molecular complexity index is 871. The molecule has 6 heteroatoms. The number of aromatic nitrogens is 1. The summed E-state index contributed by atoms with van der Waals surface area (Å²) >= 11 is 1.49. The van der Waals surface area contributed by atoms with Crippen molar-refractivity contribution in [2.24, 2.45) is 0 Å². The third-order valence-electron chi connectivity index (χ3n) is 3.52. The summed E-state index contributed by atoms with van der Waals surface area (Å²) in [6.45, 7) is 0.0659. The number of benzene rings is 1. The highest BCUT2D eigenvalue weighted by molar-refractivity contribution is 7.17. The summed E-state index contributed by atoms with van der Waals surface area (Å²) in [6.07, 6.45) is 0.666. The number of aliphatic hydroxyl groups excluding tert-OH is 1. The molecule has 4 nitrogen and oxygen atoms in total. The largest absolute Gasteiger partial charge is 0.494 e. The van der Waals surface area contributed by atoms with E-state index in [1.807, 2.05) is 11.4 Å². The first-order chi connectivity index (χ1) is 10.6. The van der Waals surface area contributed by atoms with Gasteiger partial charge in [0, 0.05) is 10.9 Å². The van der Waals surface area contributed by atoms with Crippen LogP contribution in [0.1, 0.15) is 11.7 Å². The molecule has 0 radical (unpaired) electrons. The number of nitrogens with zero attached hydrogens (tertiary/aromatic N) is 1. The SMILES string of the molecule is COc1ccc(C(O)Cn2ccc3sccc3c2=O)cc1F. The summed E-state index contributed by atoms with van der Waals surface area (Å²) in [4.78, 5) is 12.3. The predicted octanol–water partition coefficient (Wildman–Crippen LogP) is 2.94. The quantitative estimate of drug-likeness (QED) is 0.804. The zero-order chi connectivity index (χ0) is 15.7. The topological polar surface area (TPSA) is 51.5 Å². The van der Waals surface area contributed by atoms with Gasteiger partial charge in [0.15, 0.2) is 11.6 Å². The second-order valence-electron chi connectivity index (χ2n) is 4.88. The van der Waals surface area contributed by atoms with Gasteiger partial charge in [0.1, 0.15) is 0 Å². The standard InChI is InChI=1S/C16H14FNO3S/c1-21-14-3-2-10(8-12(14)17)13(19)9-18-6-4-15-11(16(18)20)5-7-22-15/h2-8,13,19H,9H2,1H3. The number of fused-ring (bicyclic) bond motifs is 1. The molecule has 2 heterocycles. The summed E-state index contributed by atoms with van der Waals surface area (Å²) in [5.74, 6) is -0.424. The number of hydrogen-bond acceptors (Lipinski definition) is 4. The molecular weight excluding hydrogens is 305 g/mol. The van der Waals surface area contributed by atoms with Crippen LogP contribution >= 0.6 is 11.3 Å². The van der Waals surface area contributed by atoms with Gasteiger partial charge in [-0.1, -0.05) is 6.07 Å². The van der Waals surface area contributed by atoms with Gasteiger partial charge in [-0.25, -0.2) is 4.39 Å². The minimum Gasteiger partial charge on any atom is -0.494 e. The maximum Gasteiger partial charge on any atom is 0.259 e. The van der Waals surface area contributed by atoms with Crippen molar-refractivity contribution in [1.29, 1.82) is 0 Å². The molecule has 1 unspecified atom stereocenters. The van der Waals surface area contributed by atoms with Crippen LogP contribution in [0.2, 0.25) is 0 Å². The third-order valence-corrected chi connectivity index (χ3v) is 4.40. The Kier molecular flexibility index (Phi) is 3.96. The van der Waals surface area contributed by atoms with E-state index in [2.05, 4.69) is 0 Å². The zero-order valence-corrected chi connectivity index (χ0v) is 12.6. The lowest BCUT2D eigenvalue weighted by Gasteiger charge is -2.14. The molecule has 1 atom stereocenters. The molecule has 1 aromatic carbocycles. The lowest BCUT2D eigenvalue weighted by atomic mass is 10.1. The number of hydrogen-bond donors (Lipinski definition) is 1. The fraction of sp³-hybridized carbons (Fsp3) is 0.188. The van der Waals surface area contributed by atoms with Gasteiger partial charge in [-0.3, -0.25) is 4.79 Å². The van der Waals surface area contributed by atoms with E-state index in [0.29, 0.717) is 10.9 Å². The van der Waals surface area contributed by atoms with Crippen LogP contribution in [-0.2, 0) is 6.54 Å². The second-order valence-corrected chi connectivity index (χ2v) is 5.83. The van der Waals surface area contributed by atoms with Crippen LogP contribution in [0, 0.1) is 5.82 Å². The first-order valence-corrected chi connectivity index (χ1v) is 7.56. The number of thiophene rings is 1. The normalized spacial score (nSPS) is 12.5. The van der Waals surface area contributed by atoms with Crippen molar-refractivity contribution in [3.63, 3.8) is 0 Å². The minimum atomic E-state index is -0.978. The summed E-state index contributed by atoms with van der Waals surface area (Å²) in [5.41, 5.74) is 0.238. The smallest absolute Gasteiger partial charge is 0.259 e. The van der Waals surface area contributed by atoms with Gasteiger partial charge in [0.05, 0.1) is 25.1 Å². The van der Waals surface area contributed by atoms with Crippen molar-refractivity contribution in [2.45, 2.75) is 12.6 Å². The van der Waals surface area contributed by atoms with Crippen LogP contribution in [0.4, 0.5) is 4.39 Å². The Morgan fingerprint density at radius 3 is 2.91 bits per heavy atom. The Morgan fingerprint density at radius 2 is 2.18 bits per heavy atom. The average molecular weight is 319 g/mol. The van der Waals surface area contributed by atoms with E-state index in [0.717, 1.165) is 4.70 Å². The van der Waals surface area contributed by atoms with E-state index >= 15 is 0 Å². The molecule has 0 spiro atoms. The summed E-state index contributed by atoms with van der Waals surface area (Å²) in [6, 6.07) is 7.86. The van der Waals surface area contributed by atoms with Gasteiger partial charge >= 0.3 is 0 Å². The molecular formula is C16H14FNO3S. The maximum atomic E-state index is 13.7. The Balaban J connectivity index is 1.89. The van der Waals surface area contributed by atoms with Crippen molar-refractivity contribution < 1.29 is 14.2 Å². The molecule has 0 saturated carbocycles. The van der Waals surface area contributed by atoms with Crippen molar-refractivity contribution in [2.75, 3.05) is 7.11 Å². The van der Waals surface area contributed by atoms with Gasteiger partial charge in [-0.15, -0.1) is 11.3 Å². The van der Waals surface area contributed by atoms with Gasteiger partial charge in [-0.2, -0.15) is 0 Å². The van der Waals surface area contributed by atoms with Crippen LogP contribution < -0.4 is 10.3 Å². The highest BCUT2D eigenvalue weighted by Crippen LogP contribution is 2.23. The average Bonchev–Trinajstić information content (AvgIpc) is 2.99. The first-order valence-electron chi connectivity index (χ1n) is 6.68. The van der Waals surface area contributed by atoms with Crippen molar-refractivity contribution in [3.8, 4) is 5.75 Å². The highest BCUT2D eigenvalue weighted by Gasteiger charge is 2.13. The summed E-state index contributed by atoms with van der Waals surface area (Å²) < 4.78 is 20.9. The lowest BCUT2D eigenvalue weighted by molar-refractivity contribution is 0.155. The molecule has 1 N–H and O–H groups in total. The molecule has 0 amide bonds. The molecule has 0 aliphatic rings. The molecule has 114 valence electrons. The van der Waals surface area contributed by atoms with Crippen molar-refractivity contribution >= 4 is 21.4 Å². The van der Waals surface area contributed by atoms with Gasteiger partial charge in [-0.05, 0) is 35.2 Å². The number of ether oxygens (including phenoxy) is 1. The monoisotopic (exact) mass is 319 g/mol. The number of aliphatic hydroxyl groups is 1. The minimum absolute atomic E-state index is 0.0659. The lowest BCUT2D eigenvalue weighted by Crippen LogP contribution is -2.22. The van der Waals surface area contributed by atoms with E-state index in [4.69, 9.17) is 4.74 Å². The van der Waals surface area contributed by atoms with Crippen LogP contribution in [0.5, 0.6) is 5.75 Å². The number of pyridine rings is 1. The molecule has 0 fully saturated rings. The molecule has 3 rings (SSSR count). The van der Waals surface area contributed by atoms with E-state index in [-0.39, 0.29) is 17.9 Å². The Labute approximate surface area is 130 Å². The molecule has 0 aliphatic carbocycles. The molecule has 0 bridgehead atoms.